The van der Waals surface area contributed by atoms with Crippen molar-refractivity contribution in [1.82, 2.24) is 20.1 Å². The first-order valence-corrected chi connectivity index (χ1v) is 8.78. The Bertz CT molecular complexity index is 718. The summed E-state index contributed by atoms with van der Waals surface area (Å²) in [5.74, 6) is 0.777. The minimum Gasteiger partial charge on any atom is -0.486 e. The van der Waals surface area contributed by atoms with Crippen LogP contribution in [0, 0.1) is 5.82 Å². The first-order valence-electron chi connectivity index (χ1n) is 7.90. The highest BCUT2D eigenvalue weighted by atomic mass is 32.2. The van der Waals surface area contributed by atoms with E-state index in [9.17, 15) is 9.18 Å². The smallest absolute Gasteiger partial charge is 0.233 e. The van der Waals surface area contributed by atoms with Gasteiger partial charge in [-0.25, -0.2) is 4.39 Å². The Hall–Kier alpha value is -2.35. The van der Waals surface area contributed by atoms with Crippen molar-refractivity contribution in [3.05, 3.63) is 48.6 Å². The van der Waals surface area contributed by atoms with Crippen molar-refractivity contribution in [3.63, 3.8) is 0 Å². The molecule has 134 valence electrons. The van der Waals surface area contributed by atoms with Gasteiger partial charge in [-0.3, -0.25) is 9.36 Å². The quantitative estimate of drug-likeness (QED) is 0.547. The van der Waals surface area contributed by atoms with Crippen molar-refractivity contribution in [3.8, 4) is 5.75 Å². The number of ether oxygens (including phenoxy) is 1. The molecule has 1 amide bonds. The van der Waals surface area contributed by atoms with E-state index in [1.807, 2.05) is 18.4 Å². The van der Waals surface area contributed by atoms with Gasteiger partial charge in [0.05, 0.1) is 5.25 Å². The number of amides is 1. The van der Waals surface area contributed by atoms with Crippen molar-refractivity contribution in [2.75, 3.05) is 6.54 Å². The number of aromatic nitrogens is 3. The van der Waals surface area contributed by atoms with Crippen LogP contribution in [-0.4, -0.2) is 32.5 Å². The lowest BCUT2D eigenvalue weighted by Crippen LogP contribution is -2.30. The molecule has 0 aliphatic carbocycles. The van der Waals surface area contributed by atoms with E-state index in [2.05, 4.69) is 22.1 Å². The van der Waals surface area contributed by atoms with Crippen molar-refractivity contribution >= 4 is 17.7 Å². The molecule has 1 aromatic heterocycles. The Labute approximate surface area is 150 Å². The minimum atomic E-state index is -0.319. The van der Waals surface area contributed by atoms with E-state index in [0.29, 0.717) is 29.8 Å². The minimum absolute atomic E-state index is 0.0511. The molecule has 0 unspecified atom stereocenters. The number of hydrogen-bond acceptors (Lipinski definition) is 5. The maximum atomic E-state index is 12.9. The van der Waals surface area contributed by atoms with E-state index in [-0.39, 0.29) is 23.6 Å². The molecule has 0 bridgehead atoms. The normalized spacial score (nSPS) is 11.8. The summed E-state index contributed by atoms with van der Waals surface area (Å²) >= 11 is 1.33. The second-order valence-electron chi connectivity index (χ2n) is 5.20. The van der Waals surface area contributed by atoms with Crippen LogP contribution in [0.25, 0.3) is 0 Å². The molecule has 1 atom stereocenters. The number of carbonyl (C=O) groups is 1. The number of nitrogens with zero attached hydrogens (tertiary/aromatic N) is 3. The van der Waals surface area contributed by atoms with Crippen LogP contribution < -0.4 is 10.1 Å². The number of nitrogens with one attached hydrogen (secondary N) is 1. The summed E-state index contributed by atoms with van der Waals surface area (Å²) in [5, 5.41) is 11.4. The second-order valence-corrected chi connectivity index (χ2v) is 6.50. The fourth-order valence-electron chi connectivity index (χ4n) is 2.03. The van der Waals surface area contributed by atoms with Gasteiger partial charge in [0.25, 0.3) is 0 Å². The zero-order valence-electron chi connectivity index (χ0n) is 14.2. The van der Waals surface area contributed by atoms with Gasteiger partial charge in [0.1, 0.15) is 18.2 Å². The SMILES string of the molecule is C=CCn1c(COc2ccc(F)cc2)nnc1S[C@H](C)C(=O)NCC. The highest BCUT2D eigenvalue weighted by molar-refractivity contribution is 8.00. The van der Waals surface area contributed by atoms with Crippen LogP contribution in [0.5, 0.6) is 5.75 Å². The van der Waals surface area contributed by atoms with Crippen LogP contribution in [0.3, 0.4) is 0 Å². The zero-order valence-corrected chi connectivity index (χ0v) is 15.1. The summed E-state index contributed by atoms with van der Waals surface area (Å²) < 4.78 is 20.4. The lowest BCUT2D eigenvalue weighted by molar-refractivity contribution is -0.120. The van der Waals surface area contributed by atoms with Gasteiger partial charge in [0.15, 0.2) is 11.0 Å². The third kappa shape index (κ3) is 5.32. The topological polar surface area (TPSA) is 69.0 Å². The van der Waals surface area contributed by atoms with E-state index in [4.69, 9.17) is 4.74 Å². The molecule has 1 aromatic carbocycles. The molecule has 1 heterocycles. The van der Waals surface area contributed by atoms with Crippen LogP contribution in [0.2, 0.25) is 0 Å². The van der Waals surface area contributed by atoms with E-state index >= 15 is 0 Å². The maximum absolute atomic E-state index is 12.9. The van der Waals surface area contributed by atoms with Crippen molar-refractivity contribution < 1.29 is 13.9 Å². The van der Waals surface area contributed by atoms with Gasteiger partial charge < -0.3 is 10.1 Å². The predicted octanol–water partition coefficient (Wildman–Crippen LogP) is 2.80. The molecule has 2 rings (SSSR count). The first kappa shape index (κ1) is 19.0. The van der Waals surface area contributed by atoms with Gasteiger partial charge in [0.2, 0.25) is 5.91 Å². The van der Waals surface area contributed by atoms with Crippen molar-refractivity contribution in [1.29, 1.82) is 0 Å². The molecule has 0 aliphatic heterocycles. The lowest BCUT2D eigenvalue weighted by Gasteiger charge is -2.12. The summed E-state index contributed by atoms with van der Waals surface area (Å²) in [6.45, 7) is 8.70. The molecule has 0 saturated carbocycles. The molecule has 25 heavy (non-hydrogen) atoms. The average molecular weight is 364 g/mol. The first-order chi connectivity index (χ1) is 12.0. The van der Waals surface area contributed by atoms with Gasteiger partial charge in [-0.2, -0.15) is 0 Å². The van der Waals surface area contributed by atoms with Crippen LogP contribution in [0.1, 0.15) is 19.7 Å². The summed E-state index contributed by atoms with van der Waals surface area (Å²) in [6, 6.07) is 5.77. The van der Waals surface area contributed by atoms with E-state index < -0.39 is 0 Å². The number of rotatable bonds is 9. The molecule has 0 fully saturated rings. The molecule has 1 N–H and O–H groups in total. The number of allylic oxidation sites excluding steroid dienone is 1. The van der Waals surface area contributed by atoms with Gasteiger partial charge >= 0.3 is 0 Å². The predicted molar refractivity (Wildman–Crippen MR) is 95.0 cm³/mol. The van der Waals surface area contributed by atoms with E-state index in [1.54, 1.807) is 18.2 Å². The standard InChI is InChI=1S/C17H21FN4O2S/c1-4-10-22-15(11-24-14-8-6-13(18)7-9-14)20-21-17(22)25-12(3)16(23)19-5-2/h4,6-9,12H,1,5,10-11H2,2-3H3,(H,19,23)/t12-/m1/s1. The molecule has 0 saturated heterocycles. The number of carbonyl (C=O) groups excluding carboxylic acids is 1. The number of hydrogen-bond donors (Lipinski definition) is 1. The Morgan fingerprint density at radius 1 is 1.44 bits per heavy atom. The largest absolute Gasteiger partial charge is 0.486 e. The number of benzene rings is 1. The highest BCUT2D eigenvalue weighted by Crippen LogP contribution is 2.23. The summed E-state index contributed by atoms with van der Waals surface area (Å²) in [7, 11) is 0. The monoisotopic (exact) mass is 364 g/mol. The molecule has 0 aliphatic rings. The fraction of sp³-hybridized carbons (Fsp3) is 0.353. The zero-order chi connectivity index (χ0) is 18.2. The second kappa shape index (κ2) is 9.22. The molecular formula is C17H21FN4O2S. The van der Waals surface area contributed by atoms with Gasteiger partial charge in [-0.15, -0.1) is 16.8 Å². The number of thioether (sulfide) groups is 1. The van der Waals surface area contributed by atoms with Gasteiger partial charge in [-0.1, -0.05) is 17.8 Å². The van der Waals surface area contributed by atoms with Crippen molar-refractivity contribution in [2.45, 2.75) is 37.4 Å². The van der Waals surface area contributed by atoms with Gasteiger partial charge in [0, 0.05) is 13.1 Å². The van der Waals surface area contributed by atoms with Crippen LogP contribution in [0.4, 0.5) is 4.39 Å². The third-order valence-corrected chi connectivity index (χ3v) is 4.37. The molecule has 8 heteroatoms. The van der Waals surface area contributed by atoms with Gasteiger partial charge in [-0.05, 0) is 38.1 Å². The Morgan fingerprint density at radius 3 is 2.80 bits per heavy atom. The molecular weight excluding hydrogens is 343 g/mol. The summed E-state index contributed by atoms with van der Waals surface area (Å²) in [6.07, 6.45) is 1.73. The molecule has 6 nitrogen and oxygen atoms in total. The Morgan fingerprint density at radius 2 is 2.16 bits per heavy atom. The number of halogens is 1. The molecule has 0 spiro atoms. The van der Waals surface area contributed by atoms with Crippen LogP contribution in [-0.2, 0) is 17.9 Å². The summed E-state index contributed by atoms with van der Waals surface area (Å²) in [5.41, 5.74) is 0. The highest BCUT2D eigenvalue weighted by Gasteiger charge is 2.19. The third-order valence-electron chi connectivity index (χ3n) is 3.29. The fourth-order valence-corrected chi connectivity index (χ4v) is 2.94. The Balaban J connectivity index is 2.08. The van der Waals surface area contributed by atoms with Crippen LogP contribution in [0.15, 0.2) is 42.1 Å². The molecule has 2 aromatic rings. The lowest BCUT2D eigenvalue weighted by atomic mass is 10.3. The average Bonchev–Trinajstić information content (AvgIpc) is 2.97. The van der Waals surface area contributed by atoms with Crippen molar-refractivity contribution in [2.24, 2.45) is 0 Å². The summed E-state index contributed by atoms with van der Waals surface area (Å²) in [4.78, 5) is 11.9. The maximum Gasteiger partial charge on any atom is 0.233 e. The molecule has 0 radical (unpaired) electrons. The van der Waals surface area contributed by atoms with E-state index in [1.165, 1.54) is 23.9 Å². The van der Waals surface area contributed by atoms with Crippen LogP contribution >= 0.6 is 11.8 Å². The Kier molecular flexibility index (Phi) is 7.00. The van der Waals surface area contributed by atoms with E-state index in [0.717, 1.165) is 0 Å².